The van der Waals surface area contributed by atoms with E-state index in [-0.39, 0.29) is 17.6 Å². The Hall–Kier alpha value is -1.35. The average Bonchev–Trinajstić information content (AvgIpc) is 2.80. The van der Waals surface area contributed by atoms with Crippen molar-refractivity contribution in [3.63, 3.8) is 0 Å². The van der Waals surface area contributed by atoms with Gasteiger partial charge in [0, 0.05) is 13.0 Å². The van der Waals surface area contributed by atoms with E-state index in [2.05, 4.69) is 12.1 Å². The van der Waals surface area contributed by atoms with Gasteiger partial charge in [-0.05, 0) is 37.7 Å². The number of carbonyl (C=O) groups is 1. The summed E-state index contributed by atoms with van der Waals surface area (Å²) in [5.74, 6) is 0.227. The SMILES string of the molecule is O=C1CCC[C@@H](O)[C@]2(Cc3ccccc3)CCCN12. The van der Waals surface area contributed by atoms with Crippen molar-refractivity contribution in [2.24, 2.45) is 0 Å². The molecule has 0 saturated carbocycles. The van der Waals surface area contributed by atoms with Gasteiger partial charge in [0.2, 0.25) is 5.91 Å². The molecule has 0 aliphatic carbocycles. The molecule has 0 unspecified atom stereocenters. The van der Waals surface area contributed by atoms with Crippen molar-refractivity contribution in [1.82, 2.24) is 4.90 Å². The van der Waals surface area contributed by atoms with Gasteiger partial charge in [-0.1, -0.05) is 30.3 Å². The maximum atomic E-state index is 12.3. The molecular formula is C16H21NO2. The quantitative estimate of drug-likeness (QED) is 0.884. The number of benzene rings is 1. The normalized spacial score (nSPS) is 31.1. The Morgan fingerprint density at radius 2 is 2.05 bits per heavy atom. The van der Waals surface area contributed by atoms with Crippen LogP contribution in [-0.2, 0) is 11.2 Å². The minimum absolute atomic E-state index is 0.227. The first-order valence-corrected chi connectivity index (χ1v) is 7.25. The Balaban J connectivity index is 1.94. The molecule has 0 aromatic heterocycles. The van der Waals surface area contributed by atoms with Gasteiger partial charge in [-0.2, -0.15) is 0 Å². The molecule has 0 spiro atoms. The molecule has 2 heterocycles. The fourth-order valence-electron chi connectivity index (χ4n) is 3.72. The number of amides is 1. The van der Waals surface area contributed by atoms with E-state index in [0.29, 0.717) is 6.42 Å². The summed E-state index contributed by atoms with van der Waals surface area (Å²) in [6, 6.07) is 10.2. The number of aliphatic hydroxyl groups excluding tert-OH is 1. The van der Waals surface area contributed by atoms with Crippen LogP contribution in [0.3, 0.4) is 0 Å². The van der Waals surface area contributed by atoms with Gasteiger partial charge in [0.1, 0.15) is 0 Å². The van der Waals surface area contributed by atoms with Gasteiger partial charge >= 0.3 is 0 Å². The highest BCUT2D eigenvalue weighted by atomic mass is 16.3. The molecule has 0 bridgehead atoms. The highest BCUT2D eigenvalue weighted by Crippen LogP contribution is 2.40. The van der Waals surface area contributed by atoms with E-state index in [1.165, 1.54) is 5.56 Å². The smallest absolute Gasteiger partial charge is 0.223 e. The highest BCUT2D eigenvalue weighted by Gasteiger charge is 2.49. The zero-order chi connectivity index (χ0) is 13.3. The number of carbonyl (C=O) groups excluding carboxylic acids is 1. The van der Waals surface area contributed by atoms with E-state index >= 15 is 0 Å². The number of aliphatic hydroxyl groups is 1. The van der Waals surface area contributed by atoms with Crippen LogP contribution in [-0.4, -0.2) is 34.1 Å². The van der Waals surface area contributed by atoms with Crippen molar-refractivity contribution in [3.05, 3.63) is 35.9 Å². The lowest BCUT2D eigenvalue weighted by molar-refractivity contribution is -0.137. The first-order valence-electron chi connectivity index (χ1n) is 7.25. The number of fused-ring (bicyclic) bond motifs is 1. The van der Waals surface area contributed by atoms with Crippen molar-refractivity contribution >= 4 is 5.91 Å². The van der Waals surface area contributed by atoms with Crippen LogP contribution >= 0.6 is 0 Å². The summed E-state index contributed by atoms with van der Waals surface area (Å²) < 4.78 is 0. The first-order chi connectivity index (χ1) is 9.22. The van der Waals surface area contributed by atoms with Gasteiger partial charge in [0.25, 0.3) is 0 Å². The maximum absolute atomic E-state index is 12.3. The molecule has 1 N–H and O–H groups in total. The molecule has 3 heteroatoms. The minimum atomic E-state index is -0.387. The fourth-order valence-corrected chi connectivity index (χ4v) is 3.72. The van der Waals surface area contributed by atoms with E-state index in [0.717, 1.165) is 38.6 Å². The second-order valence-electron chi connectivity index (χ2n) is 5.82. The third-order valence-electron chi connectivity index (χ3n) is 4.67. The van der Waals surface area contributed by atoms with E-state index < -0.39 is 0 Å². The third-order valence-corrected chi connectivity index (χ3v) is 4.67. The molecule has 1 aromatic rings. The van der Waals surface area contributed by atoms with E-state index in [9.17, 15) is 9.90 Å². The molecule has 102 valence electrons. The van der Waals surface area contributed by atoms with E-state index in [1.54, 1.807) is 0 Å². The van der Waals surface area contributed by atoms with Gasteiger partial charge in [-0.25, -0.2) is 0 Å². The molecule has 2 aliphatic rings. The summed E-state index contributed by atoms with van der Waals surface area (Å²) in [6.45, 7) is 0.808. The van der Waals surface area contributed by atoms with Crippen LogP contribution in [0.4, 0.5) is 0 Å². The second-order valence-corrected chi connectivity index (χ2v) is 5.82. The number of hydrogen-bond acceptors (Lipinski definition) is 2. The monoisotopic (exact) mass is 259 g/mol. The Bertz CT molecular complexity index is 459. The summed E-state index contributed by atoms with van der Waals surface area (Å²) in [5.41, 5.74) is 0.859. The zero-order valence-corrected chi connectivity index (χ0v) is 11.2. The molecule has 2 atom stereocenters. The molecule has 0 radical (unpaired) electrons. The molecule has 19 heavy (non-hydrogen) atoms. The average molecular weight is 259 g/mol. The summed E-state index contributed by atoms with van der Waals surface area (Å²) in [6.07, 6.45) is 4.47. The van der Waals surface area contributed by atoms with Gasteiger partial charge in [-0.3, -0.25) is 4.79 Å². The van der Waals surface area contributed by atoms with Crippen molar-refractivity contribution in [3.8, 4) is 0 Å². The van der Waals surface area contributed by atoms with Gasteiger partial charge < -0.3 is 10.0 Å². The zero-order valence-electron chi connectivity index (χ0n) is 11.2. The topological polar surface area (TPSA) is 40.5 Å². The van der Waals surface area contributed by atoms with Crippen molar-refractivity contribution in [2.75, 3.05) is 6.54 Å². The summed E-state index contributed by atoms with van der Waals surface area (Å²) in [4.78, 5) is 14.2. The van der Waals surface area contributed by atoms with Crippen LogP contribution in [0.1, 0.15) is 37.7 Å². The fraction of sp³-hybridized carbons (Fsp3) is 0.562. The van der Waals surface area contributed by atoms with Crippen molar-refractivity contribution in [2.45, 2.75) is 50.2 Å². The molecule has 2 aliphatic heterocycles. The summed E-state index contributed by atoms with van der Waals surface area (Å²) in [5, 5.41) is 10.6. The predicted octanol–water partition coefficient (Wildman–Crippen LogP) is 2.14. The largest absolute Gasteiger partial charge is 0.391 e. The lowest BCUT2D eigenvalue weighted by Crippen LogP contribution is -2.55. The molecule has 3 nitrogen and oxygen atoms in total. The molecule has 2 fully saturated rings. The molecule has 1 aromatic carbocycles. The third kappa shape index (κ3) is 2.16. The molecule has 1 amide bonds. The summed E-state index contributed by atoms with van der Waals surface area (Å²) >= 11 is 0. The Labute approximate surface area is 114 Å². The number of hydrogen-bond donors (Lipinski definition) is 1. The van der Waals surface area contributed by atoms with Crippen LogP contribution in [0.15, 0.2) is 30.3 Å². The van der Waals surface area contributed by atoms with Crippen LogP contribution in [0.2, 0.25) is 0 Å². The lowest BCUT2D eigenvalue weighted by atomic mass is 9.82. The first kappa shape index (κ1) is 12.7. The van der Waals surface area contributed by atoms with E-state index in [1.807, 2.05) is 23.1 Å². The Morgan fingerprint density at radius 1 is 1.26 bits per heavy atom. The standard InChI is InChI=1S/C16H21NO2/c18-14-8-4-9-15(19)17-11-5-10-16(14,17)12-13-6-2-1-3-7-13/h1-3,6-7,14,18H,4-5,8-12H2/t14-,16-/m1/s1. The number of rotatable bonds is 2. The summed E-state index contributed by atoms with van der Waals surface area (Å²) in [7, 11) is 0. The number of nitrogens with zero attached hydrogens (tertiary/aromatic N) is 1. The second kappa shape index (κ2) is 4.97. The Morgan fingerprint density at radius 3 is 2.84 bits per heavy atom. The van der Waals surface area contributed by atoms with Crippen molar-refractivity contribution in [1.29, 1.82) is 0 Å². The van der Waals surface area contributed by atoms with Gasteiger partial charge in [0.05, 0.1) is 11.6 Å². The van der Waals surface area contributed by atoms with Crippen LogP contribution in [0.25, 0.3) is 0 Å². The lowest BCUT2D eigenvalue weighted by Gasteiger charge is -2.41. The molecular weight excluding hydrogens is 238 g/mol. The van der Waals surface area contributed by atoms with Crippen LogP contribution in [0, 0.1) is 0 Å². The minimum Gasteiger partial charge on any atom is -0.391 e. The van der Waals surface area contributed by atoms with Gasteiger partial charge in [-0.15, -0.1) is 0 Å². The van der Waals surface area contributed by atoms with Gasteiger partial charge in [0.15, 0.2) is 0 Å². The van der Waals surface area contributed by atoms with E-state index in [4.69, 9.17) is 0 Å². The molecule has 2 saturated heterocycles. The Kier molecular flexibility index (Phi) is 3.31. The van der Waals surface area contributed by atoms with Crippen LogP contribution in [0.5, 0.6) is 0 Å². The molecule has 3 rings (SSSR count). The maximum Gasteiger partial charge on any atom is 0.223 e. The predicted molar refractivity (Wildman–Crippen MR) is 73.7 cm³/mol. The van der Waals surface area contributed by atoms with Crippen molar-refractivity contribution < 1.29 is 9.90 Å². The highest BCUT2D eigenvalue weighted by molar-refractivity contribution is 5.78. The van der Waals surface area contributed by atoms with Crippen LogP contribution < -0.4 is 0 Å².